The van der Waals surface area contributed by atoms with Gasteiger partial charge in [0.15, 0.2) is 0 Å². The highest BCUT2D eigenvalue weighted by Gasteiger charge is 2.23. The first-order valence-corrected chi connectivity index (χ1v) is 7.49. The molecule has 2 unspecified atom stereocenters. The largest absolute Gasteiger partial charge is 0.352 e. The Labute approximate surface area is 116 Å². The van der Waals surface area contributed by atoms with Crippen LogP contribution >= 0.6 is 0 Å². The van der Waals surface area contributed by atoms with Crippen molar-refractivity contribution in [3.8, 4) is 0 Å². The first kappa shape index (κ1) is 14.3. The summed E-state index contributed by atoms with van der Waals surface area (Å²) in [6.45, 7) is 9.71. The molecular weight excluding hydrogens is 236 g/mol. The molecule has 0 amide bonds. The zero-order chi connectivity index (χ0) is 13.7. The van der Waals surface area contributed by atoms with Crippen molar-refractivity contribution in [3.63, 3.8) is 0 Å². The number of nitrogens with zero attached hydrogens (tertiary/aromatic N) is 3. The van der Waals surface area contributed by atoms with E-state index in [2.05, 4.69) is 41.0 Å². The van der Waals surface area contributed by atoms with Crippen LogP contribution in [0.5, 0.6) is 0 Å². The van der Waals surface area contributed by atoms with E-state index in [1.54, 1.807) is 0 Å². The summed E-state index contributed by atoms with van der Waals surface area (Å²) < 4.78 is 0. The molecule has 106 valence electrons. The van der Waals surface area contributed by atoms with Gasteiger partial charge in [-0.25, -0.2) is 4.98 Å². The van der Waals surface area contributed by atoms with Gasteiger partial charge in [-0.1, -0.05) is 13.8 Å². The molecule has 0 aromatic carbocycles. The van der Waals surface area contributed by atoms with E-state index in [0.717, 1.165) is 43.5 Å². The summed E-state index contributed by atoms with van der Waals surface area (Å²) in [7, 11) is 0. The van der Waals surface area contributed by atoms with Crippen molar-refractivity contribution in [1.82, 2.24) is 15.3 Å². The summed E-state index contributed by atoms with van der Waals surface area (Å²) in [5, 5.41) is 3.35. The standard InChI is InChI=1S/C15H26N4/c1-4-7-16-8-14-9-18-15(10-17-14)19-11-12(2)5-6-13(19)3/h9-10,12-13,16H,4-8,11H2,1-3H3. The van der Waals surface area contributed by atoms with Crippen LogP contribution in [0.3, 0.4) is 0 Å². The van der Waals surface area contributed by atoms with Crippen LogP contribution in [0.1, 0.15) is 45.7 Å². The summed E-state index contributed by atoms with van der Waals surface area (Å²) in [6, 6.07) is 0.578. The molecule has 0 spiro atoms. The molecule has 1 aromatic heterocycles. The van der Waals surface area contributed by atoms with Crippen molar-refractivity contribution in [3.05, 3.63) is 18.1 Å². The van der Waals surface area contributed by atoms with Crippen molar-refractivity contribution in [2.24, 2.45) is 5.92 Å². The van der Waals surface area contributed by atoms with Crippen LogP contribution in [0, 0.1) is 5.92 Å². The second-order valence-electron chi connectivity index (χ2n) is 5.73. The van der Waals surface area contributed by atoms with E-state index in [1.807, 2.05) is 12.4 Å². The van der Waals surface area contributed by atoms with Gasteiger partial charge in [0.2, 0.25) is 0 Å². The lowest BCUT2D eigenvalue weighted by Gasteiger charge is -2.37. The SMILES string of the molecule is CCCNCc1cnc(N2CC(C)CCC2C)cn1. The van der Waals surface area contributed by atoms with Gasteiger partial charge in [-0.15, -0.1) is 0 Å². The van der Waals surface area contributed by atoms with Gasteiger partial charge < -0.3 is 10.2 Å². The van der Waals surface area contributed by atoms with Crippen LogP contribution in [-0.2, 0) is 6.54 Å². The lowest BCUT2D eigenvalue weighted by Crippen LogP contribution is -2.41. The van der Waals surface area contributed by atoms with Crippen molar-refractivity contribution in [2.45, 2.75) is 52.6 Å². The number of nitrogens with one attached hydrogen (secondary N) is 1. The molecule has 4 nitrogen and oxygen atoms in total. The summed E-state index contributed by atoms with van der Waals surface area (Å²) in [6.07, 6.45) is 7.56. The highest BCUT2D eigenvalue weighted by atomic mass is 15.2. The fourth-order valence-electron chi connectivity index (χ4n) is 2.59. The zero-order valence-corrected chi connectivity index (χ0v) is 12.4. The molecule has 1 saturated heterocycles. The molecule has 0 aliphatic carbocycles. The van der Waals surface area contributed by atoms with E-state index in [-0.39, 0.29) is 0 Å². The van der Waals surface area contributed by atoms with Crippen molar-refractivity contribution in [1.29, 1.82) is 0 Å². The second-order valence-corrected chi connectivity index (χ2v) is 5.73. The van der Waals surface area contributed by atoms with E-state index in [1.165, 1.54) is 12.8 Å². The van der Waals surface area contributed by atoms with Crippen molar-refractivity contribution < 1.29 is 0 Å². The van der Waals surface area contributed by atoms with Crippen molar-refractivity contribution in [2.75, 3.05) is 18.0 Å². The van der Waals surface area contributed by atoms with Crippen molar-refractivity contribution >= 4 is 5.82 Å². The molecule has 1 aliphatic heterocycles. The molecule has 2 atom stereocenters. The van der Waals surface area contributed by atoms with E-state index in [0.29, 0.717) is 6.04 Å². The second kappa shape index (κ2) is 6.85. The summed E-state index contributed by atoms with van der Waals surface area (Å²) in [4.78, 5) is 11.5. The van der Waals surface area contributed by atoms with Gasteiger partial charge in [0.25, 0.3) is 0 Å². The Morgan fingerprint density at radius 3 is 2.79 bits per heavy atom. The van der Waals surface area contributed by atoms with Gasteiger partial charge >= 0.3 is 0 Å². The lowest BCUT2D eigenvalue weighted by atomic mass is 9.95. The molecule has 4 heteroatoms. The molecule has 2 heterocycles. The molecule has 1 N–H and O–H groups in total. The summed E-state index contributed by atoms with van der Waals surface area (Å²) >= 11 is 0. The number of anilines is 1. The number of piperidine rings is 1. The van der Waals surface area contributed by atoms with Crippen LogP contribution in [0.15, 0.2) is 12.4 Å². The quantitative estimate of drug-likeness (QED) is 0.828. The Morgan fingerprint density at radius 2 is 2.11 bits per heavy atom. The maximum absolute atomic E-state index is 4.59. The Kier molecular flexibility index (Phi) is 5.14. The highest BCUT2D eigenvalue weighted by Crippen LogP contribution is 2.25. The number of hydrogen-bond donors (Lipinski definition) is 1. The Hall–Kier alpha value is -1.16. The predicted octanol–water partition coefficient (Wildman–Crippen LogP) is 2.60. The summed E-state index contributed by atoms with van der Waals surface area (Å²) in [5.74, 6) is 1.78. The smallest absolute Gasteiger partial charge is 0.147 e. The number of aromatic nitrogens is 2. The molecule has 0 radical (unpaired) electrons. The molecule has 19 heavy (non-hydrogen) atoms. The molecule has 1 fully saturated rings. The molecule has 0 saturated carbocycles. The van der Waals surface area contributed by atoms with E-state index in [4.69, 9.17) is 0 Å². The van der Waals surface area contributed by atoms with Crippen LogP contribution in [0.2, 0.25) is 0 Å². The Balaban J connectivity index is 1.97. The highest BCUT2D eigenvalue weighted by molar-refractivity contribution is 5.38. The Bertz CT molecular complexity index is 376. The maximum Gasteiger partial charge on any atom is 0.147 e. The lowest BCUT2D eigenvalue weighted by molar-refractivity contribution is 0.388. The predicted molar refractivity (Wildman–Crippen MR) is 79.2 cm³/mol. The molecular formula is C15H26N4. The van der Waals surface area contributed by atoms with Crippen LogP contribution < -0.4 is 10.2 Å². The monoisotopic (exact) mass is 262 g/mol. The van der Waals surface area contributed by atoms with E-state index in [9.17, 15) is 0 Å². The average molecular weight is 262 g/mol. The van der Waals surface area contributed by atoms with Gasteiger partial charge in [0.1, 0.15) is 5.82 Å². The van der Waals surface area contributed by atoms with Gasteiger partial charge in [-0.3, -0.25) is 4.98 Å². The minimum Gasteiger partial charge on any atom is -0.352 e. The minimum atomic E-state index is 0.578. The molecule has 1 aromatic rings. The summed E-state index contributed by atoms with van der Waals surface area (Å²) in [5.41, 5.74) is 1.02. The maximum atomic E-state index is 4.59. The third-order valence-corrected chi connectivity index (χ3v) is 3.84. The van der Waals surface area contributed by atoms with Crippen LogP contribution in [0.25, 0.3) is 0 Å². The molecule has 2 rings (SSSR count). The molecule has 1 aliphatic rings. The minimum absolute atomic E-state index is 0.578. The number of rotatable bonds is 5. The fraction of sp³-hybridized carbons (Fsp3) is 0.733. The van der Waals surface area contributed by atoms with Gasteiger partial charge in [0, 0.05) is 19.1 Å². The van der Waals surface area contributed by atoms with Gasteiger partial charge in [0.05, 0.1) is 18.1 Å². The van der Waals surface area contributed by atoms with Gasteiger partial charge in [-0.2, -0.15) is 0 Å². The van der Waals surface area contributed by atoms with Gasteiger partial charge in [-0.05, 0) is 38.6 Å². The third kappa shape index (κ3) is 3.90. The topological polar surface area (TPSA) is 41.1 Å². The fourth-order valence-corrected chi connectivity index (χ4v) is 2.59. The third-order valence-electron chi connectivity index (χ3n) is 3.84. The van der Waals surface area contributed by atoms with E-state index < -0.39 is 0 Å². The first-order valence-electron chi connectivity index (χ1n) is 7.49. The van der Waals surface area contributed by atoms with Crippen LogP contribution in [0.4, 0.5) is 5.82 Å². The zero-order valence-electron chi connectivity index (χ0n) is 12.4. The molecule has 0 bridgehead atoms. The normalized spacial score (nSPS) is 23.6. The first-order chi connectivity index (χ1) is 9.20. The van der Waals surface area contributed by atoms with Crippen LogP contribution in [-0.4, -0.2) is 29.1 Å². The van der Waals surface area contributed by atoms with E-state index >= 15 is 0 Å². The Morgan fingerprint density at radius 1 is 1.26 bits per heavy atom. The number of hydrogen-bond acceptors (Lipinski definition) is 4. The average Bonchev–Trinajstić information content (AvgIpc) is 2.43.